The van der Waals surface area contributed by atoms with Crippen molar-refractivity contribution in [3.63, 3.8) is 0 Å². The van der Waals surface area contributed by atoms with Crippen LogP contribution in [-0.4, -0.2) is 22.5 Å². The van der Waals surface area contributed by atoms with Gasteiger partial charge in [0.1, 0.15) is 0 Å². The number of aryl methyl sites for hydroxylation is 1. The monoisotopic (exact) mass is 470 g/mol. The summed E-state index contributed by atoms with van der Waals surface area (Å²) in [5.41, 5.74) is 2.12. The van der Waals surface area contributed by atoms with Crippen molar-refractivity contribution in [1.29, 1.82) is 0 Å². The summed E-state index contributed by atoms with van der Waals surface area (Å²) in [6.45, 7) is 7.43. The molecule has 6 heteroatoms. The molecular formula is C26H28Cl2N2O2. The van der Waals surface area contributed by atoms with Gasteiger partial charge < -0.3 is 10.1 Å². The first kappa shape index (κ1) is 24.1. The van der Waals surface area contributed by atoms with Crippen molar-refractivity contribution in [2.45, 2.75) is 51.7 Å². The van der Waals surface area contributed by atoms with Crippen LogP contribution in [0.15, 0.2) is 66.9 Å². The number of carbonyl (C=O) groups excluding carboxylic acids is 1. The van der Waals surface area contributed by atoms with Crippen molar-refractivity contribution in [3.8, 4) is 5.88 Å². The molecule has 4 nitrogen and oxygen atoms in total. The molecule has 0 aliphatic rings. The highest BCUT2D eigenvalue weighted by Gasteiger charge is 2.33. The van der Waals surface area contributed by atoms with Crippen molar-refractivity contribution < 1.29 is 9.53 Å². The molecule has 0 aliphatic heterocycles. The number of aromatic nitrogens is 1. The molecule has 3 rings (SSSR count). The number of amides is 1. The van der Waals surface area contributed by atoms with Gasteiger partial charge in [0.25, 0.3) is 5.91 Å². The number of nitrogens with one attached hydrogen (secondary N) is 1. The fraction of sp³-hybridized carbons (Fsp3) is 0.308. The van der Waals surface area contributed by atoms with Gasteiger partial charge >= 0.3 is 0 Å². The molecule has 0 spiro atoms. The van der Waals surface area contributed by atoms with Crippen LogP contribution < -0.4 is 10.1 Å². The lowest BCUT2D eigenvalue weighted by atomic mass is 9.86. The van der Waals surface area contributed by atoms with Gasteiger partial charge in [0, 0.05) is 34.3 Å². The van der Waals surface area contributed by atoms with E-state index in [1.54, 1.807) is 26.1 Å². The van der Waals surface area contributed by atoms with Gasteiger partial charge in [-0.3, -0.25) is 4.79 Å². The lowest BCUT2D eigenvalue weighted by Gasteiger charge is -2.30. The fourth-order valence-electron chi connectivity index (χ4n) is 3.50. The van der Waals surface area contributed by atoms with E-state index < -0.39 is 5.60 Å². The standard InChI is InChI=1S/C26H28Cl2N2O2/c1-17-8-13-24(29-16-17)32-26(3,4)25(31)30-18(2)23(20-6-5-7-22(28)15-20)14-19-9-11-21(27)12-10-19/h5-13,15-16,18,23H,14H2,1-4H3,(H,30,31). The van der Waals surface area contributed by atoms with Crippen LogP contribution >= 0.6 is 23.2 Å². The molecule has 0 saturated carbocycles. The molecule has 0 saturated heterocycles. The second kappa shape index (κ2) is 10.4. The number of hydrogen-bond donors (Lipinski definition) is 1. The van der Waals surface area contributed by atoms with Gasteiger partial charge in [-0.15, -0.1) is 0 Å². The van der Waals surface area contributed by atoms with Crippen LogP contribution in [0.5, 0.6) is 5.88 Å². The maximum Gasteiger partial charge on any atom is 0.263 e. The SMILES string of the molecule is Cc1ccc(OC(C)(C)C(=O)NC(C)C(Cc2ccc(Cl)cc2)c2cccc(Cl)c2)nc1. The lowest BCUT2D eigenvalue weighted by Crippen LogP contribution is -2.51. The lowest BCUT2D eigenvalue weighted by molar-refractivity contribution is -0.135. The summed E-state index contributed by atoms with van der Waals surface area (Å²) < 4.78 is 5.90. The fourth-order valence-corrected chi connectivity index (χ4v) is 3.82. The first-order chi connectivity index (χ1) is 15.1. The Morgan fingerprint density at radius 3 is 2.41 bits per heavy atom. The molecule has 32 heavy (non-hydrogen) atoms. The highest BCUT2D eigenvalue weighted by Crippen LogP contribution is 2.28. The van der Waals surface area contributed by atoms with Crippen molar-refractivity contribution in [1.82, 2.24) is 10.3 Å². The minimum Gasteiger partial charge on any atom is -0.462 e. The number of ether oxygens (including phenoxy) is 1. The molecule has 2 unspecified atom stereocenters. The number of rotatable bonds is 8. The maximum atomic E-state index is 13.1. The third-order valence-electron chi connectivity index (χ3n) is 5.40. The van der Waals surface area contributed by atoms with Crippen LogP contribution in [0.2, 0.25) is 10.0 Å². The van der Waals surface area contributed by atoms with Crippen molar-refractivity contribution >= 4 is 29.1 Å². The summed E-state index contributed by atoms with van der Waals surface area (Å²) >= 11 is 12.3. The maximum absolute atomic E-state index is 13.1. The summed E-state index contributed by atoms with van der Waals surface area (Å²) in [6, 6.07) is 19.0. The quantitative estimate of drug-likeness (QED) is 0.415. The average molecular weight is 471 g/mol. The molecule has 0 bridgehead atoms. The Bertz CT molecular complexity index is 1050. The van der Waals surface area contributed by atoms with Crippen molar-refractivity contribution in [3.05, 3.63) is 93.6 Å². The van der Waals surface area contributed by atoms with E-state index in [9.17, 15) is 4.79 Å². The smallest absolute Gasteiger partial charge is 0.263 e. The number of nitrogens with zero attached hydrogens (tertiary/aromatic N) is 1. The zero-order valence-corrected chi connectivity index (χ0v) is 20.2. The third-order valence-corrected chi connectivity index (χ3v) is 5.89. The Balaban J connectivity index is 1.78. The molecule has 168 valence electrons. The number of benzene rings is 2. The van der Waals surface area contributed by atoms with E-state index in [0.717, 1.165) is 23.1 Å². The Morgan fingerprint density at radius 2 is 1.78 bits per heavy atom. The van der Waals surface area contributed by atoms with Gasteiger partial charge in [-0.2, -0.15) is 0 Å². The van der Waals surface area contributed by atoms with E-state index in [1.165, 1.54) is 0 Å². The van der Waals surface area contributed by atoms with Gasteiger partial charge in [-0.25, -0.2) is 4.98 Å². The van der Waals surface area contributed by atoms with Gasteiger partial charge in [0.15, 0.2) is 5.60 Å². The van der Waals surface area contributed by atoms with Crippen LogP contribution in [0.1, 0.15) is 43.4 Å². The minimum atomic E-state index is -1.09. The predicted octanol–water partition coefficient (Wildman–Crippen LogP) is 6.39. The third kappa shape index (κ3) is 6.47. The number of halogens is 2. The van der Waals surface area contributed by atoms with Crippen LogP contribution in [-0.2, 0) is 11.2 Å². The van der Waals surface area contributed by atoms with E-state index in [1.807, 2.05) is 68.4 Å². The first-order valence-corrected chi connectivity index (χ1v) is 11.3. The minimum absolute atomic E-state index is 0.00660. The van der Waals surface area contributed by atoms with E-state index in [4.69, 9.17) is 27.9 Å². The van der Waals surface area contributed by atoms with E-state index >= 15 is 0 Å². The number of pyridine rings is 1. The molecule has 1 N–H and O–H groups in total. The zero-order valence-electron chi connectivity index (χ0n) is 18.7. The normalized spacial score (nSPS) is 13.3. The Morgan fingerprint density at radius 1 is 1.06 bits per heavy atom. The van der Waals surface area contributed by atoms with Gasteiger partial charge in [-0.1, -0.05) is 53.5 Å². The van der Waals surface area contributed by atoms with Gasteiger partial charge in [0.05, 0.1) is 0 Å². The Labute approximate surface area is 199 Å². The molecule has 0 radical (unpaired) electrons. The highest BCUT2D eigenvalue weighted by molar-refractivity contribution is 6.30. The van der Waals surface area contributed by atoms with Crippen LogP contribution in [0.3, 0.4) is 0 Å². The van der Waals surface area contributed by atoms with Crippen LogP contribution in [0, 0.1) is 6.92 Å². The molecular weight excluding hydrogens is 443 g/mol. The van der Waals surface area contributed by atoms with Crippen molar-refractivity contribution in [2.24, 2.45) is 0 Å². The molecule has 0 fully saturated rings. The van der Waals surface area contributed by atoms with Crippen molar-refractivity contribution in [2.75, 3.05) is 0 Å². The molecule has 1 aromatic heterocycles. The number of carbonyl (C=O) groups is 1. The summed E-state index contributed by atoms with van der Waals surface area (Å²) in [5.74, 6) is 0.207. The molecule has 0 aliphatic carbocycles. The molecule has 2 atom stereocenters. The summed E-state index contributed by atoms with van der Waals surface area (Å²) in [7, 11) is 0. The first-order valence-electron chi connectivity index (χ1n) is 10.6. The molecule has 1 heterocycles. The molecule has 2 aromatic carbocycles. The number of hydrogen-bond acceptors (Lipinski definition) is 3. The van der Waals surface area contributed by atoms with Gasteiger partial charge in [-0.05, 0) is 75.1 Å². The summed E-state index contributed by atoms with van der Waals surface area (Å²) in [5, 5.41) is 4.50. The largest absolute Gasteiger partial charge is 0.462 e. The highest BCUT2D eigenvalue weighted by atomic mass is 35.5. The topological polar surface area (TPSA) is 51.2 Å². The molecule has 1 amide bonds. The summed E-state index contributed by atoms with van der Waals surface area (Å²) in [4.78, 5) is 17.4. The van der Waals surface area contributed by atoms with Crippen LogP contribution in [0.4, 0.5) is 0 Å². The zero-order chi connectivity index (χ0) is 23.3. The Hall–Kier alpha value is -2.56. The second-order valence-electron chi connectivity index (χ2n) is 8.54. The molecule has 3 aromatic rings. The second-order valence-corrected chi connectivity index (χ2v) is 9.41. The summed E-state index contributed by atoms with van der Waals surface area (Å²) in [6.07, 6.45) is 2.44. The Kier molecular flexibility index (Phi) is 7.81. The van der Waals surface area contributed by atoms with E-state index in [0.29, 0.717) is 15.9 Å². The van der Waals surface area contributed by atoms with Gasteiger partial charge in [0.2, 0.25) is 5.88 Å². The van der Waals surface area contributed by atoms with E-state index in [-0.39, 0.29) is 17.9 Å². The predicted molar refractivity (Wildman–Crippen MR) is 131 cm³/mol. The average Bonchev–Trinajstić information content (AvgIpc) is 2.74. The van der Waals surface area contributed by atoms with E-state index in [2.05, 4.69) is 10.3 Å². The van der Waals surface area contributed by atoms with Crippen LogP contribution in [0.25, 0.3) is 0 Å².